The van der Waals surface area contributed by atoms with E-state index in [4.69, 9.17) is 5.73 Å². The van der Waals surface area contributed by atoms with Gasteiger partial charge in [-0.15, -0.1) is 0 Å². The third-order valence-corrected chi connectivity index (χ3v) is 3.88. The smallest absolute Gasteiger partial charge is 0.408 e. The lowest BCUT2D eigenvalue weighted by atomic mass is 9.83. The summed E-state index contributed by atoms with van der Waals surface area (Å²) in [6.07, 6.45) is 2.70. The van der Waals surface area contributed by atoms with Crippen LogP contribution in [0.25, 0.3) is 0 Å². The maximum atomic E-state index is 11.2. The standard InChI is InChI=1S/C10H18N2O2/c1-9-3-4-10(2,6-7(11)5-9)12(9)8(13)14/h7H,3-6,11H2,1-2H3,(H,13,14)/t7?,9-,10?/m0/s1. The molecule has 2 unspecified atom stereocenters. The first-order valence-electron chi connectivity index (χ1n) is 5.16. The Labute approximate surface area is 84.1 Å². The predicted octanol–water partition coefficient (Wildman–Crippen LogP) is 1.40. The fourth-order valence-electron chi connectivity index (χ4n) is 3.46. The number of fused-ring (bicyclic) bond motifs is 2. The number of nitrogens with two attached hydrogens (primary N) is 1. The maximum absolute atomic E-state index is 11.2. The zero-order valence-corrected chi connectivity index (χ0v) is 8.79. The highest BCUT2D eigenvalue weighted by atomic mass is 16.4. The summed E-state index contributed by atoms with van der Waals surface area (Å²) in [5, 5.41) is 9.22. The van der Waals surface area contributed by atoms with Crippen molar-refractivity contribution in [2.45, 2.75) is 56.7 Å². The summed E-state index contributed by atoms with van der Waals surface area (Å²) in [5.41, 5.74) is 5.52. The second-order valence-electron chi connectivity index (χ2n) is 5.28. The van der Waals surface area contributed by atoms with Crippen molar-refractivity contribution in [2.24, 2.45) is 5.73 Å². The third-order valence-electron chi connectivity index (χ3n) is 3.88. The van der Waals surface area contributed by atoms with E-state index in [0.29, 0.717) is 0 Å². The van der Waals surface area contributed by atoms with Crippen molar-refractivity contribution in [3.63, 3.8) is 0 Å². The molecule has 2 aliphatic heterocycles. The van der Waals surface area contributed by atoms with Crippen LogP contribution < -0.4 is 5.73 Å². The van der Waals surface area contributed by atoms with Gasteiger partial charge in [0.2, 0.25) is 0 Å². The van der Waals surface area contributed by atoms with E-state index in [9.17, 15) is 9.90 Å². The molecule has 2 bridgehead atoms. The number of carboxylic acid groups (broad SMARTS) is 1. The van der Waals surface area contributed by atoms with Gasteiger partial charge in [-0.1, -0.05) is 0 Å². The van der Waals surface area contributed by atoms with Crippen molar-refractivity contribution < 1.29 is 9.90 Å². The van der Waals surface area contributed by atoms with Gasteiger partial charge in [-0.05, 0) is 39.5 Å². The topological polar surface area (TPSA) is 66.6 Å². The average molecular weight is 198 g/mol. The van der Waals surface area contributed by atoms with Crippen LogP contribution in [0.2, 0.25) is 0 Å². The molecule has 2 fully saturated rings. The van der Waals surface area contributed by atoms with Gasteiger partial charge in [-0.25, -0.2) is 4.79 Å². The molecule has 2 heterocycles. The van der Waals surface area contributed by atoms with Gasteiger partial charge in [0.25, 0.3) is 0 Å². The number of hydrogen-bond donors (Lipinski definition) is 2. The summed E-state index contributed by atoms with van der Waals surface area (Å²) in [5.74, 6) is 0. The lowest BCUT2D eigenvalue weighted by Gasteiger charge is -2.48. The summed E-state index contributed by atoms with van der Waals surface area (Å²) in [6.45, 7) is 4.04. The summed E-state index contributed by atoms with van der Waals surface area (Å²) in [6, 6.07) is 0.156. The first kappa shape index (κ1) is 9.77. The van der Waals surface area contributed by atoms with Crippen molar-refractivity contribution in [2.75, 3.05) is 0 Å². The molecule has 0 radical (unpaired) electrons. The molecule has 14 heavy (non-hydrogen) atoms. The third kappa shape index (κ3) is 1.13. The van der Waals surface area contributed by atoms with E-state index in [1.54, 1.807) is 4.90 Å². The number of rotatable bonds is 0. The molecule has 0 aromatic rings. The molecule has 0 spiro atoms. The van der Waals surface area contributed by atoms with Gasteiger partial charge in [0, 0.05) is 17.1 Å². The first-order valence-corrected chi connectivity index (χ1v) is 5.16. The Morgan fingerprint density at radius 1 is 1.36 bits per heavy atom. The summed E-state index contributed by atoms with van der Waals surface area (Å²) in [7, 11) is 0. The quantitative estimate of drug-likeness (QED) is 0.618. The average Bonchev–Trinajstić information content (AvgIpc) is 2.15. The van der Waals surface area contributed by atoms with E-state index < -0.39 is 6.09 Å². The SMILES string of the molecule is CC12CC[C@@](C)(CC(N)C1)N2C(=O)O. The molecular weight excluding hydrogens is 180 g/mol. The second kappa shape index (κ2) is 2.63. The Morgan fingerprint density at radius 3 is 2.14 bits per heavy atom. The molecule has 2 aliphatic rings. The molecule has 0 aromatic heterocycles. The fraction of sp³-hybridized carbons (Fsp3) is 0.900. The monoisotopic (exact) mass is 198 g/mol. The minimum absolute atomic E-state index is 0.156. The van der Waals surface area contributed by atoms with E-state index in [0.717, 1.165) is 25.7 Å². The molecule has 2 saturated heterocycles. The predicted molar refractivity (Wildman–Crippen MR) is 53.1 cm³/mol. The Hall–Kier alpha value is -0.770. The zero-order valence-electron chi connectivity index (χ0n) is 8.79. The molecule has 3 N–H and O–H groups in total. The highest BCUT2D eigenvalue weighted by Gasteiger charge is 2.56. The normalized spacial score (nSPS) is 46.8. The van der Waals surface area contributed by atoms with Crippen LogP contribution in [0.5, 0.6) is 0 Å². The van der Waals surface area contributed by atoms with Gasteiger partial charge in [0.1, 0.15) is 0 Å². The largest absolute Gasteiger partial charge is 0.465 e. The van der Waals surface area contributed by atoms with E-state index >= 15 is 0 Å². The number of amides is 1. The second-order valence-corrected chi connectivity index (χ2v) is 5.28. The maximum Gasteiger partial charge on any atom is 0.408 e. The van der Waals surface area contributed by atoms with Crippen molar-refractivity contribution >= 4 is 6.09 Å². The highest BCUT2D eigenvalue weighted by Crippen LogP contribution is 2.49. The van der Waals surface area contributed by atoms with Gasteiger partial charge >= 0.3 is 6.09 Å². The van der Waals surface area contributed by atoms with Crippen molar-refractivity contribution in [1.82, 2.24) is 4.90 Å². The molecule has 2 rings (SSSR count). The minimum Gasteiger partial charge on any atom is -0.465 e. The highest BCUT2D eigenvalue weighted by molar-refractivity contribution is 5.68. The number of nitrogens with zero attached hydrogens (tertiary/aromatic N) is 1. The zero-order chi connectivity index (χ0) is 10.6. The summed E-state index contributed by atoms with van der Waals surface area (Å²) >= 11 is 0. The number of carbonyl (C=O) groups is 1. The first-order chi connectivity index (χ1) is 6.37. The molecule has 0 aliphatic carbocycles. The van der Waals surface area contributed by atoms with Crippen molar-refractivity contribution in [3.05, 3.63) is 0 Å². The lowest BCUT2D eigenvalue weighted by Crippen LogP contribution is -2.61. The Morgan fingerprint density at radius 2 is 1.79 bits per heavy atom. The molecule has 4 nitrogen and oxygen atoms in total. The fourth-order valence-corrected chi connectivity index (χ4v) is 3.46. The molecule has 1 amide bonds. The minimum atomic E-state index is -0.792. The Bertz CT molecular complexity index is 261. The van der Waals surface area contributed by atoms with E-state index in [1.165, 1.54) is 0 Å². The van der Waals surface area contributed by atoms with Crippen LogP contribution in [0, 0.1) is 0 Å². The Balaban J connectivity index is 2.38. The molecule has 4 heteroatoms. The number of piperidine rings is 1. The van der Waals surface area contributed by atoms with Crippen molar-refractivity contribution in [3.8, 4) is 0 Å². The summed E-state index contributed by atoms with van der Waals surface area (Å²) in [4.78, 5) is 12.9. The van der Waals surface area contributed by atoms with E-state index in [1.807, 2.05) is 13.8 Å². The van der Waals surface area contributed by atoms with Gasteiger partial charge in [0.05, 0.1) is 0 Å². The van der Waals surface area contributed by atoms with Crippen LogP contribution in [0.3, 0.4) is 0 Å². The van der Waals surface area contributed by atoms with Gasteiger partial charge in [-0.2, -0.15) is 0 Å². The lowest BCUT2D eigenvalue weighted by molar-refractivity contribution is 0.0139. The van der Waals surface area contributed by atoms with Gasteiger partial charge in [-0.3, -0.25) is 4.90 Å². The van der Waals surface area contributed by atoms with Gasteiger partial charge in [0.15, 0.2) is 0 Å². The molecule has 80 valence electrons. The van der Waals surface area contributed by atoms with Gasteiger partial charge < -0.3 is 10.8 Å². The molecule has 0 saturated carbocycles. The van der Waals surface area contributed by atoms with Crippen LogP contribution in [0.15, 0.2) is 0 Å². The Kier molecular flexibility index (Phi) is 1.83. The number of hydrogen-bond acceptors (Lipinski definition) is 2. The molecule has 3 atom stereocenters. The van der Waals surface area contributed by atoms with Crippen molar-refractivity contribution in [1.29, 1.82) is 0 Å². The molecular formula is C10H18N2O2. The van der Waals surface area contributed by atoms with Crippen LogP contribution in [-0.2, 0) is 0 Å². The van der Waals surface area contributed by atoms with Crippen LogP contribution >= 0.6 is 0 Å². The summed E-state index contributed by atoms with van der Waals surface area (Å²) < 4.78 is 0. The van der Waals surface area contributed by atoms with Crippen LogP contribution in [0.4, 0.5) is 4.79 Å². The molecule has 0 aromatic carbocycles. The van der Waals surface area contributed by atoms with Crippen LogP contribution in [-0.4, -0.2) is 33.2 Å². The van der Waals surface area contributed by atoms with E-state index in [-0.39, 0.29) is 17.1 Å². The van der Waals surface area contributed by atoms with E-state index in [2.05, 4.69) is 0 Å². The van der Waals surface area contributed by atoms with Crippen LogP contribution in [0.1, 0.15) is 39.5 Å².